The van der Waals surface area contributed by atoms with Gasteiger partial charge in [0.2, 0.25) is 0 Å². The number of nitrogens with one attached hydrogen (secondary N) is 1. The van der Waals surface area contributed by atoms with E-state index in [0.717, 1.165) is 22.9 Å². The summed E-state index contributed by atoms with van der Waals surface area (Å²) in [6.07, 6.45) is 5.33. The zero-order valence-corrected chi connectivity index (χ0v) is 11.3. The molecule has 2 saturated carbocycles. The van der Waals surface area contributed by atoms with Crippen LogP contribution in [0.25, 0.3) is 11.1 Å². The first-order valence-corrected chi connectivity index (χ1v) is 7.41. The van der Waals surface area contributed by atoms with Gasteiger partial charge < -0.3 is 4.42 Å². The van der Waals surface area contributed by atoms with Crippen molar-refractivity contribution in [3.8, 4) is 0 Å². The fourth-order valence-electron chi connectivity index (χ4n) is 4.03. The van der Waals surface area contributed by atoms with Crippen LogP contribution in [0.3, 0.4) is 0 Å². The molecule has 2 aliphatic carbocycles. The molecule has 0 saturated heterocycles. The van der Waals surface area contributed by atoms with Crippen LogP contribution < -0.4 is 5.76 Å². The maximum absolute atomic E-state index is 11.2. The summed E-state index contributed by atoms with van der Waals surface area (Å²) in [6.45, 7) is 0. The summed E-state index contributed by atoms with van der Waals surface area (Å²) in [5.74, 6) is 1.87. The number of benzene rings is 1. The number of oxazole rings is 1. The van der Waals surface area contributed by atoms with Crippen LogP contribution in [0.5, 0.6) is 0 Å². The van der Waals surface area contributed by atoms with Gasteiger partial charge in [-0.15, -0.1) is 11.6 Å². The first-order chi connectivity index (χ1) is 9.20. The van der Waals surface area contributed by atoms with Crippen molar-refractivity contribution in [2.45, 2.75) is 31.1 Å². The van der Waals surface area contributed by atoms with Crippen molar-refractivity contribution in [1.29, 1.82) is 0 Å². The van der Waals surface area contributed by atoms with E-state index in [1.165, 1.54) is 25.7 Å². The van der Waals surface area contributed by atoms with E-state index in [4.69, 9.17) is 16.0 Å². The van der Waals surface area contributed by atoms with Gasteiger partial charge in [0.15, 0.2) is 5.58 Å². The van der Waals surface area contributed by atoms with Gasteiger partial charge in [0.1, 0.15) is 0 Å². The van der Waals surface area contributed by atoms with E-state index in [-0.39, 0.29) is 5.38 Å². The third-order valence-electron chi connectivity index (χ3n) is 4.93. The largest absolute Gasteiger partial charge is 0.417 e. The van der Waals surface area contributed by atoms with Gasteiger partial charge in [-0.1, -0.05) is 12.5 Å². The summed E-state index contributed by atoms with van der Waals surface area (Å²) in [5, 5.41) is 0.0416. The van der Waals surface area contributed by atoms with Crippen LogP contribution in [-0.2, 0) is 0 Å². The molecule has 4 rings (SSSR count). The van der Waals surface area contributed by atoms with Crippen molar-refractivity contribution in [3.63, 3.8) is 0 Å². The van der Waals surface area contributed by atoms with Crippen molar-refractivity contribution >= 4 is 22.7 Å². The summed E-state index contributed by atoms with van der Waals surface area (Å²) >= 11 is 6.68. The average Bonchev–Trinajstić information content (AvgIpc) is 3.09. The molecule has 0 spiro atoms. The van der Waals surface area contributed by atoms with Crippen LogP contribution in [0.2, 0.25) is 0 Å². The van der Waals surface area contributed by atoms with Crippen molar-refractivity contribution in [2.75, 3.05) is 0 Å². The standard InChI is InChI=1S/C15H16ClNO2/c16-14(11-6-8-1-2-9(11)5-8)10-3-4-12-13(7-10)19-15(18)17-12/h3-4,7-9,11,14H,1-2,5-6H2,(H,17,18). The average molecular weight is 278 g/mol. The Labute approximate surface area is 115 Å². The second-order valence-electron chi connectivity index (χ2n) is 6.01. The summed E-state index contributed by atoms with van der Waals surface area (Å²) in [7, 11) is 0. The third kappa shape index (κ3) is 1.83. The van der Waals surface area contributed by atoms with E-state index >= 15 is 0 Å². The predicted octanol–water partition coefficient (Wildman–Crippen LogP) is 3.84. The molecule has 1 aromatic heterocycles. The molecular weight excluding hydrogens is 262 g/mol. The van der Waals surface area contributed by atoms with E-state index in [1.807, 2.05) is 18.2 Å². The van der Waals surface area contributed by atoms with Crippen molar-refractivity contribution in [1.82, 2.24) is 4.98 Å². The quantitative estimate of drug-likeness (QED) is 0.848. The topological polar surface area (TPSA) is 46.0 Å². The number of hydrogen-bond donors (Lipinski definition) is 1. The Morgan fingerprint density at radius 2 is 2.21 bits per heavy atom. The number of alkyl halides is 1. The zero-order valence-electron chi connectivity index (χ0n) is 10.6. The van der Waals surface area contributed by atoms with E-state index in [9.17, 15) is 4.79 Å². The minimum absolute atomic E-state index is 0.0416. The van der Waals surface area contributed by atoms with E-state index < -0.39 is 5.76 Å². The Balaban J connectivity index is 1.67. The third-order valence-corrected chi connectivity index (χ3v) is 5.51. The second kappa shape index (κ2) is 4.14. The number of aromatic nitrogens is 1. The number of aromatic amines is 1. The highest BCUT2D eigenvalue weighted by Crippen LogP contribution is 2.54. The Morgan fingerprint density at radius 1 is 1.32 bits per heavy atom. The molecule has 19 heavy (non-hydrogen) atoms. The van der Waals surface area contributed by atoms with Gasteiger partial charge >= 0.3 is 5.76 Å². The van der Waals surface area contributed by atoms with Gasteiger partial charge in [-0.25, -0.2) is 4.79 Å². The second-order valence-corrected chi connectivity index (χ2v) is 6.48. The van der Waals surface area contributed by atoms with Crippen LogP contribution in [0.15, 0.2) is 27.4 Å². The lowest BCUT2D eigenvalue weighted by Gasteiger charge is -2.26. The molecule has 100 valence electrons. The maximum atomic E-state index is 11.2. The maximum Gasteiger partial charge on any atom is 0.417 e. The van der Waals surface area contributed by atoms with E-state index in [0.29, 0.717) is 11.5 Å². The molecule has 2 fully saturated rings. The predicted molar refractivity (Wildman–Crippen MR) is 74.4 cm³/mol. The summed E-state index contributed by atoms with van der Waals surface area (Å²) in [4.78, 5) is 13.8. The van der Waals surface area contributed by atoms with E-state index in [1.54, 1.807) is 0 Å². The first kappa shape index (κ1) is 11.6. The molecule has 4 heteroatoms. The smallest absolute Gasteiger partial charge is 0.408 e. The monoisotopic (exact) mass is 277 g/mol. The van der Waals surface area contributed by atoms with Crippen molar-refractivity contribution in [2.24, 2.45) is 17.8 Å². The Hall–Kier alpha value is -1.22. The summed E-state index contributed by atoms with van der Waals surface area (Å²) < 4.78 is 5.11. The van der Waals surface area contributed by atoms with Crippen LogP contribution in [0.1, 0.15) is 36.6 Å². The molecular formula is C15H16ClNO2. The number of fused-ring (bicyclic) bond motifs is 3. The lowest BCUT2D eigenvalue weighted by molar-refractivity contribution is 0.323. The Bertz CT molecular complexity index is 674. The van der Waals surface area contributed by atoms with Gasteiger partial charge in [0.05, 0.1) is 10.9 Å². The van der Waals surface area contributed by atoms with Gasteiger partial charge in [-0.3, -0.25) is 4.98 Å². The number of rotatable bonds is 2. The first-order valence-electron chi connectivity index (χ1n) is 6.97. The van der Waals surface area contributed by atoms with Gasteiger partial charge in [-0.05, 0) is 54.7 Å². The lowest BCUT2D eigenvalue weighted by atomic mass is 9.84. The minimum Gasteiger partial charge on any atom is -0.408 e. The summed E-state index contributed by atoms with van der Waals surface area (Å²) in [6, 6.07) is 5.81. The van der Waals surface area contributed by atoms with Crippen LogP contribution in [-0.4, -0.2) is 4.98 Å². The van der Waals surface area contributed by atoms with E-state index in [2.05, 4.69) is 4.98 Å². The Morgan fingerprint density at radius 3 is 2.95 bits per heavy atom. The highest BCUT2D eigenvalue weighted by Gasteiger charge is 2.42. The molecule has 1 heterocycles. The molecule has 2 aliphatic rings. The molecule has 4 atom stereocenters. The molecule has 1 aromatic carbocycles. The van der Waals surface area contributed by atoms with Gasteiger partial charge in [0.25, 0.3) is 0 Å². The molecule has 0 radical (unpaired) electrons. The number of hydrogen-bond acceptors (Lipinski definition) is 2. The van der Waals surface area contributed by atoms with Crippen LogP contribution >= 0.6 is 11.6 Å². The van der Waals surface area contributed by atoms with Gasteiger partial charge in [-0.2, -0.15) is 0 Å². The molecule has 1 N–H and O–H groups in total. The molecule has 3 nitrogen and oxygen atoms in total. The molecule has 0 amide bonds. The minimum atomic E-state index is -0.404. The number of halogens is 1. The fourth-order valence-corrected chi connectivity index (χ4v) is 4.48. The van der Waals surface area contributed by atoms with Crippen molar-refractivity contribution in [3.05, 3.63) is 34.3 Å². The Kier molecular flexibility index (Phi) is 2.52. The van der Waals surface area contributed by atoms with Crippen molar-refractivity contribution < 1.29 is 4.42 Å². The lowest BCUT2D eigenvalue weighted by Crippen LogP contribution is -2.15. The number of H-pyrrole nitrogens is 1. The normalized spacial score (nSPS) is 31.1. The molecule has 0 aliphatic heterocycles. The zero-order chi connectivity index (χ0) is 13.0. The molecule has 2 aromatic rings. The molecule has 2 bridgehead atoms. The fraction of sp³-hybridized carbons (Fsp3) is 0.533. The highest BCUT2D eigenvalue weighted by atomic mass is 35.5. The van der Waals surface area contributed by atoms with Crippen LogP contribution in [0.4, 0.5) is 0 Å². The summed E-state index contributed by atoms with van der Waals surface area (Å²) in [5.41, 5.74) is 2.43. The molecule has 4 unspecified atom stereocenters. The highest BCUT2D eigenvalue weighted by molar-refractivity contribution is 6.21. The SMILES string of the molecule is O=c1[nH]c2ccc(C(Cl)C3CC4CCC3C4)cc2o1. The van der Waals surface area contributed by atoms with Crippen LogP contribution in [0, 0.1) is 17.8 Å². The van der Waals surface area contributed by atoms with Gasteiger partial charge in [0, 0.05) is 0 Å².